The Bertz CT molecular complexity index is 98.0. The van der Waals surface area contributed by atoms with Gasteiger partial charge in [0.1, 0.15) is 0 Å². The van der Waals surface area contributed by atoms with Gasteiger partial charge in [-0.15, -0.1) is 0 Å². The summed E-state index contributed by atoms with van der Waals surface area (Å²) < 4.78 is 5.04. The molecule has 2 nitrogen and oxygen atoms in total. The molecule has 1 atom stereocenters. The lowest BCUT2D eigenvalue weighted by Gasteiger charge is -2.21. The zero-order chi connectivity index (χ0) is 9.45. The van der Waals surface area contributed by atoms with Crippen LogP contribution in [0.3, 0.4) is 0 Å². The van der Waals surface area contributed by atoms with Gasteiger partial charge in [-0.25, -0.2) is 0 Å². The average molecular weight is 173 g/mol. The smallest absolute Gasteiger partial charge is 0.0467 e. The van der Waals surface area contributed by atoms with E-state index in [9.17, 15) is 0 Å². The molecule has 1 heterocycles. The third-order valence-electron chi connectivity index (χ3n) is 2.37. The third kappa shape index (κ3) is 4.07. The Morgan fingerprint density at radius 3 is 2.50 bits per heavy atom. The lowest BCUT2D eigenvalue weighted by Crippen LogP contribution is -2.21. The minimum Gasteiger partial charge on any atom is -0.385 e. The van der Waals surface area contributed by atoms with Gasteiger partial charge in [0.25, 0.3) is 0 Å². The van der Waals surface area contributed by atoms with Crippen LogP contribution in [0.2, 0.25) is 0 Å². The van der Waals surface area contributed by atoms with Gasteiger partial charge in [-0.1, -0.05) is 20.8 Å². The summed E-state index contributed by atoms with van der Waals surface area (Å²) in [5, 5.41) is 3.37. The molecule has 0 spiro atoms. The summed E-state index contributed by atoms with van der Waals surface area (Å²) in [5.74, 6) is 0. The number of ether oxygens (including phenoxy) is 1. The average Bonchev–Trinajstić information content (AvgIpc) is 2.53. The third-order valence-corrected chi connectivity index (χ3v) is 2.37. The van der Waals surface area contributed by atoms with Crippen molar-refractivity contribution in [2.75, 3.05) is 26.8 Å². The quantitative estimate of drug-likeness (QED) is 0.705. The van der Waals surface area contributed by atoms with Crippen molar-refractivity contribution in [3.8, 4) is 0 Å². The van der Waals surface area contributed by atoms with Crippen LogP contribution in [-0.4, -0.2) is 26.8 Å². The number of hydrogen-bond donors (Lipinski definition) is 1. The van der Waals surface area contributed by atoms with Crippen molar-refractivity contribution in [1.29, 1.82) is 0 Å². The van der Waals surface area contributed by atoms with Crippen LogP contribution in [0.25, 0.3) is 0 Å². The van der Waals surface area contributed by atoms with E-state index in [2.05, 4.69) is 12.2 Å². The van der Waals surface area contributed by atoms with E-state index in [1.165, 1.54) is 19.4 Å². The molecular formula is C10H23NO. The summed E-state index contributed by atoms with van der Waals surface area (Å²) in [6.07, 6.45) is 2.49. The Balaban J connectivity index is 0.000000561. The molecule has 0 aromatic rings. The number of rotatable bonds is 3. The summed E-state index contributed by atoms with van der Waals surface area (Å²) in [6, 6.07) is 0. The van der Waals surface area contributed by atoms with Crippen molar-refractivity contribution < 1.29 is 4.74 Å². The van der Waals surface area contributed by atoms with Crippen molar-refractivity contribution in [2.24, 2.45) is 5.41 Å². The lowest BCUT2D eigenvalue weighted by molar-refractivity contribution is 0.152. The molecule has 1 unspecified atom stereocenters. The maximum atomic E-state index is 5.04. The zero-order valence-corrected chi connectivity index (χ0v) is 8.94. The van der Waals surface area contributed by atoms with Crippen LogP contribution >= 0.6 is 0 Å². The summed E-state index contributed by atoms with van der Waals surface area (Å²) in [4.78, 5) is 0. The van der Waals surface area contributed by atoms with E-state index in [0.29, 0.717) is 5.41 Å². The molecule has 74 valence electrons. The monoisotopic (exact) mass is 173 g/mol. The first kappa shape index (κ1) is 11.9. The molecule has 0 aromatic carbocycles. The molecular weight excluding hydrogens is 150 g/mol. The molecule has 0 aromatic heterocycles. The highest BCUT2D eigenvalue weighted by molar-refractivity contribution is 4.83. The molecule has 0 saturated carbocycles. The minimum absolute atomic E-state index is 0.510. The van der Waals surface area contributed by atoms with Crippen LogP contribution in [0.5, 0.6) is 0 Å². The number of nitrogens with one attached hydrogen (secondary N) is 1. The van der Waals surface area contributed by atoms with Crippen LogP contribution in [0.15, 0.2) is 0 Å². The van der Waals surface area contributed by atoms with Gasteiger partial charge < -0.3 is 10.1 Å². The van der Waals surface area contributed by atoms with E-state index in [1.807, 2.05) is 13.8 Å². The van der Waals surface area contributed by atoms with E-state index in [-0.39, 0.29) is 0 Å². The zero-order valence-electron chi connectivity index (χ0n) is 8.94. The second-order valence-electron chi connectivity index (χ2n) is 3.48. The van der Waals surface area contributed by atoms with Crippen LogP contribution in [-0.2, 0) is 4.74 Å². The first-order valence-electron chi connectivity index (χ1n) is 4.96. The van der Waals surface area contributed by atoms with Crippen molar-refractivity contribution >= 4 is 0 Å². The van der Waals surface area contributed by atoms with Gasteiger partial charge in [-0.3, -0.25) is 0 Å². The topological polar surface area (TPSA) is 21.3 Å². The van der Waals surface area contributed by atoms with Crippen molar-refractivity contribution in [2.45, 2.75) is 33.6 Å². The first-order chi connectivity index (χ1) is 5.77. The van der Waals surface area contributed by atoms with Gasteiger partial charge in [0.2, 0.25) is 0 Å². The van der Waals surface area contributed by atoms with Crippen LogP contribution < -0.4 is 5.32 Å². The van der Waals surface area contributed by atoms with Crippen molar-refractivity contribution in [3.63, 3.8) is 0 Å². The molecule has 12 heavy (non-hydrogen) atoms. The van der Waals surface area contributed by atoms with Gasteiger partial charge in [-0.05, 0) is 24.8 Å². The second-order valence-corrected chi connectivity index (χ2v) is 3.48. The van der Waals surface area contributed by atoms with Crippen molar-refractivity contribution in [1.82, 2.24) is 5.32 Å². The predicted octanol–water partition coefficient (Wildman–Crippen LogP) is 2.05. The summed E-state index contributed by atoms with van der Waals surface area (Å²) in [6.45, 7) is 9.57. The summed E-state index contributed by atoms with van der Waals surface area (Å²) in [5.41, 5.74) is 0.510. The molecule has 1 fully saturated rings. The van der Waals surface area contributed by atoms with E-state index in [1.54, 1.807) is 7.11 Å². The van der Waals surface area contributed by atoms with Crippen LogP contribution in [0.1, 0.15) is 33.6 Å². The Morgan fingerprint density at radius 1 is 1.42 bits per heavy atom. The normalized spacial score (nSPS) is 28.0. The van der Waals surface area contributed by atoms with Gasteiger partial charge in [0.05, 0.1) is 0 Å². The Labute approximate surface area is 76.7 Å². The first-order valence-corrected chi connectivity index (χ1v) is 4.96. The minimum atomic E-state index is 0.510. The van der Waals surface area contributed by atoms with Gasteiger partial charge >= 0.3 is 0 Å². The molecule has 0 amide bonds. The van der Waals surface area contributed by atoms with Gasteiger partial charge in [0, 0.05) is 20.3 Å². The van der Waals surface area contributed by atoms with Gasteiger partial charge in [-0.2, -0.15) is 0 Å². The van der Waals surface area contributed by atoms with Crippen molar-refractivity contribution in [3.05, 3.63) is 0 Å². The van der Waals surface area contributed by atoms with Gasteiger partial charge in [0.15, 0.2) is 0 Å². The SMILES string of the molecule is CC.COCCC1(C)CCNC1. The predicted molar refractivity (Wildman–Crippen MR) is 53.4 cm³/mol. The van der Waals surface area contributed by atoms with E-state index in [0.717, 1.165) is 13.2 Å². The van der Waals surface area contributed by atoms with E-state index >= 15 is 0 Å². The Morgan fingerprint density at radius 2 is 2.08 bits per heavy atom. The number of methoxy groups -OCH3 is 1. The maximum Gasteiger partial charge on any atom is 0.0467 e. The second kappa shape index (κ2) is 6.44. The highest BCUT2D eigenvalue weighted by atomic mass is 16.5. The molecule has 2 heteroatoms. The molecule has 1 rings (SSSR count). The largest absolute Gasteiger partial charge is 0.385 e. The highest BCUT2D eigenvalue weighted by Crippen LogP contribution is 2.27. The highest BCUT2D eigenvalue weighted by Gasteiger charge is 2.27. The van der Waals surface area contributed by atoms with E-state index < -0.39 is 0 Å². The molecule has 1 N–H and O–H groups in total. The fraction of sp³-hybridized carbons (Fsp3) is 1.00. The molecule has 0 radical (unpaired) electrons. The fourth-order valence-electron chi connectivity index (χ4n) is 1.43. The molecule has 1 saturated heterocycles. The fourth-order valence-corrected chi connectivity index (χ4v) is 1.43. The molecule has 0 bridgehead atoms. The standard InChI is InChI=1S/C8H17NO.C2H6/c1-8(4-6-10-2)3-5-9-7-8;1-2/h9H,3-7H2,1-2H3;1-2H3. The number of hydrogen-bond acceptors (Lipinski definition) is 2. The summed E-state index contributed by atoms with van der Waals surface area (Å²) in [7, 11) is 1.77. The summed E-state index contributed by atoms with van der Waals surface area (Å²) >= 11 is 0. The molecule has 1 aliphatic rings. The van der Waals surface area contributed by atoms with E-state index in [4.69, 9.17) is 4.74 Å². The maximum absolute atomic E-state index is 5.04. The molecule has 1 aliphatic heterocycles. The Hall–Kier alpha value is -0.0800. The lowest BCUT2D eigenvalue weighted by atomic mass is 9.86. The van der Waals surface area contributed by atoms with Crippen LogP contribution in [0.4, 0.5) is 0 Å². The Kier molecular flexibility index (Phi) is 6.39. The molecule has 0 aliphatic carbocycles. The van der Waals surface area contributed by atoms with Crippen LogP contribution in [0, 0.1) is 5.41 Å².